The van der Waals surface area contributed by atoms with Crippen LogP contribution in [0.5, 0.6) is 5.75 Å². The van der Waals surface area contributed by atoms with Crippen LogP contribution in [0.25, 0.3) is 11.0 Å². The second kappa shape index (κ2) is 4.57. The molecule has 7 nitrogen and oxygen atoms in total. The van der Waals surface area contributed by atoms with Gasteiger partial charge < -0.3 is 4.74 Å². The minimum Gasteiger partial charge on any atom is -0.495 e. The van der Waals surface area contributed by atoms with E-state index in [1.807, 2.05) is 0 Å². The number of hydrogen-bond donors (Lipinski definition) is 0. The Kier molecular flexibility index (Phi) is 3.09. The monoisotopic (exact) mass is 260 g/mol. The molecular weight excluding hydrogens is 248 g/mol. The minimum atomic E-state index is -0.572. The highest BCUT2D eigenvalue weighted by Gasteiger charge is 2.17. The van der Waals surface area contributed by atoms with Gasteiger partial charge >= 0.3 is 5.69 Å². The zero-order valence-electron chi connectivity index (χ0n) is 10.8. The molecule has 2 heterocycles. The number of nitrogens with zero attached hydrogens (tertiary/aromatic N) is 4. The van der Waals surface area contributed by atoms with Gasteiger partial charge in [0.2, 0.25) is 0 Å². The molecule has 0 fully saturated rings. The van der Waals surface area contributed by atoms with Crippen LogP contribution in [-0.2, 0) is 13.6 Å². The Labute approximate surface area is 108 Å². The number of fused-ring (bicyclic) bond motifs is 1. The molecule has 2 aromatic heterocycles. The highest BCUT2D eigenvalue weighted by Crippen LogP contribution is 2.23. The molecule has 0 unspecified atom stereocenters. The molecular formula is C12H12N4O3. The van der Waals surface area contributed by atoms with Gasteiger partial charge in [-0.05, 0) is 6.92 Å². The first-order valence-electron chi connectivity index (χ1n) is 5.53. The summed E-state index contributed by atoms with van der Waals surface area (Å²) in [4.78, 5) is 28.4. The van der Waals surface area contributed by atoms with Gasteiger partial charge in [-0.3, -0.25) is 9.36 Å². The number of rotatable bonds is 2. The zero-order chi connectivity index (χ0) is 14.2. The Morgan fingerprint density at radius 2 is 2.16 bits per heavy atom. The fraction of sp³-hybridized carbons (Fsp3) is 0.333. The van der Waals surface area contributed by atoms with Crippen molar-refractivity contribution >= 4 is 11.0 Å². The van der Waals surface area contributed by atoms with E-state index in [1.54, 1.807) is 13.0 Å². The summed E-state index contributed by atoms with van der Waals surface area (Å²) in [7, 11) is 2.95. The van der Waals surface area contributed by atoms with Crippen LogP contribution in [0.2, 0.25) is 0 Å². The lowest BCUT2D eigenvalue weighted by Gasteiger charge is -2.11. The third kappa shape index (κ3) is 1.78. The van der Waals surface area contributed by atoms with Crippen LogP contribution in [0, 0.1) is 18.3 Å². The maximum Gasteiger partial charge on any atom is 0.333 e. The van der Waals surface area contributed by atoms with E-state index in [0.29, 0.717) is 11.3 Å². The minimum absolute atomic E-state index is 0.208. The fourth-order valence-electron chi connectivity index (χ4n) is 1.99. The smallest absolute Gasteiger partial charge is 0.333 e. The summed E-state index contributed by atoms with van der Waals surface area (Å²) < 4.78 is 7.31. The van der Waals surface area contributed by atoms with Crippen LogP contribution in [0.3, 0.4) is 0 Å². The van der Waals surface area contributed by atoms with E-state index in [0.717, 1.165) is 4.57 Å². The molecule has 98 valence electrons. The van der Waals surface area contributed by atoms with Crippen LogP contribution >= 0.6 is 0 Å². The maximum atomic E-state index is 12.3. The molecule has 0 atom stereocenters. The molecule has 0 saturated carbocycles. The van der Waals surface area contributed by atoms with Gasteiger partial charge in [-0.1, -0.05) is 0 Å². The van der Waals surface area contributed by atoms with Gasteiger partial charge in [0, 0.05) is 18.8 Å². The summed E-state index contributed by atoms with van der Waals surface area (Å²) in [5, 5.41) is 8.92. The van der Waals surface area contributed by atoms with E-state index >= 15 is 0 Å². The molecule has 0 amide bonds. The standard InChI is InChI=1S/C12H12N4O3/c1-7-6-14-10-8(9(7)19-3)11(17)16(5-4-13)12(18)15(10)2/h6H,5H2,1-3H3. The molecule has 19 heavy (non-hydrogen) atoms. The van der Waals surface area contributed by atoms with Crippen molar-refractivity contribution in [1.82, 2.24) is 14.1 Å². The summed E-state index contributed by atoms with van der Waals surface area (Å²) in [6.45, 7) is 1.45. The Hall–Kier alpha value is -2.62. The predicted octanol–water partition coefficient (Wildman–Crippen LogP) is -0.0642. The van der Waals surface area contributed by atoms with Crippen LogP contribution in [0.1, 0.15) is 5.56 Å². The van der Waals surface area contributed by atoms with Gasteiger partial charge in [0.05, 0.1) is 13.2 Å². The molecule has 0 N–H and O–H groups in total. The molecule has 0 aliphatic heterocycles. The van der Waals surface area contributed by atoms with Gasteiger partial charge in [0.1, 0.15) is 17.7 Å². The van der Waals surface area contributed by atoms with E-state index in [2.05, 4.69) is 4.98 Å². The van der Waals surface area contributed by atoms with Crippen molar-refractivity contribution in [3.63, 3.8) is 0 Å². The lowest BCUT2D eigenvalue weighted by molar-refractivity contribution is 0.415. The van der Waals surface area contributed by atoms with Gasteiger partial charge in [-0.25, -0.2) is 14.3 Å². The topological polar surface area (TPSA) is 89.9 Å². The van der Waals surface area contributed by atoms with E-state index in [9.17, 15) is 9.59 Å². The Morgan fingerprint density at radius 1 is 1.47 bits per heavy atom. The molecule has 0 aliphatic carbocycles. The Bertz CT molecular complexity index is 811. The third-order valence-corrected chi connectivity index (χ3v) is 2.92. The van der Waals surface area contributed by atoms with Gasteiger partial charge in [0.25, 0.3) is 5.56 Å². The number of ether oxygens (including phenoxy) is 1. The normalized spacial score (nSPS) is 10.4. The Balaban J connectivity index is 3.10. The molecule has 0 aliphatic rings. The van der Waals surface area contributed by atoms with Crippen LogP contribution in [-0.4, -0.2) is 21.2 Å². The molecule has 2 rings (SSSR count). The second-order valence-electron chi connectivity index (χ2n) is 4.06. The molecule has 0 saturated heterocycles. The van der Waals surface area contributed by atoms with Crippen LogP contribution in [0.4, 0.5) is 0 Å². The van der Waals surface area contributed by atoms with Crippen LogP contribution < -0.4 is 16.0 Å². The first-order valence-corrected chi connectivity index (χ1v) is 5.53. The van der Waals surface area contributed by atoms with Crippen molar-refractivity contribution in [2.45, 2.75) is 13.5 Å². The van der Waals surface area contributed by atoms with Crippen molar-refractivity contribution in [1.29, 1.82) is 5.26 Å². The largest absolute Gasteiger partial charge is 0.495 e. The summed E-state index contributed by atoms with van der Waals surface area (Å²) in [5.41, 5.74) is -0.203. The molecule has 7 heteroatoms. The first-order chi connectivity index (χ1) is 9.02. The average molecular weight is 260 g/mol. The van der Waals surface area contributed by atoms with Crippen molar-refractivity contribution < 1.29 is 4.74 Å². The number of hydrogen-bond acceptors (Lipinski definition) is 5. The summed E-state index contributed by atoms with van der Waals surface area (Å²) in [6, 6.07) is 1.80. The fourth-order valence-corrected chi connectivity index (χ4v) is 1.99. The highest BCUT2D eigenvalue weighted by atomic mass is 16.5. The van der Waals surface area contributed by atoms with Crippen molar-refractivity contribution in [2.24, 2.45) is 7.05 Å². The first kappa shape index (κ1) is 12.8. The maximum absolute atomic E-state index is 12.3. The van der Waals surface area contributed by atoms with E-state index < -0.39 is 11.2 Å². The SMILES string of the molecule is COc1c(C)cnc2c1c(=O)n(CC#N)c(=O)n2C. The molecule has 2 aromatic rings. The number of methoxy groups -OCH3 is 1. The lowest BCUT2D eigenvalue weighted by atomic mass is 10.2. The van der Waals surface area contributed by atoms with E-state index in [-0.39, 0.29) is 17.6 Å². The molecule has 0 bridgehead atoms. The zero-order valence-corrected chi connectivity index (χ0v) is 10.8. The van der Waals surface area contributed by atoms with Crippen molar-refractivity contribution in [2.75, 3.05) is 7.11 Å². The van der Waals surface area contributed by atoms with E-state index in [1.165, 1.54) is 24.9 Å². The second-order valence-corrected chi connectivity index (χ2v) is 4.06. The number of aromatic nitrogens is 3. The van der Waals surface area contributed by atoms with Crippen LogP contribution in [0.15, 0.2) is 15.8 Å². The summed E-state index contributed by atoms with van der Waals surface area (Å²) in [5.74, 6) is 0.372. The Morgan fingerprint density at radius 3 is 2.74 bits per heavy atom. The number of nitriles is 1. The van der Waals surface area contributed by atoms with Gasteiger partial charge in [-0.15, -0.1) is 0 Å². The summed E-state index contributed by atoms with van der Waals surface area (Å²) in [6.07, 6.45) is 1.54. The lowest BCUT2D eigenvalue weighted by Crippen LogP contribution is -2.39. The summed E-state index contributed by atoms with van der Waals surface area (Å²) >= 11 is 0. The van der Waals surface area contributed by atoms with Crippen molar-refractivity contribution in [3.05, 3.63) is 32.6 Å². The van der Waals surface area contributed by atoms with Gasteiger partial charge in [0.15, 0.2) is 5.65 Å². The third-order valence-electron chi connectivity index (χ3n) is 2.92. The highest BCUT2D eigenvalue weighted by molar-refractivity contribution is 5.82. The van der Waals surface area contributed by atoms with Crippen molar-refractivity contribution in [3.8, 4) is 11.8 Å². The predicted molar refractivity (Wildman–Crippen MR) is 68.1 cm³/mol. The quantitative estimate of drug-likeness (QED) is 0.754. The molecule has 0 aromatic carbocycles. The average Bonchev–Trinajstić information content (AvgIpc) is 2.40. The molecule has 0 spiro atoms. The number of aryl methyl sites for hydroxylation is 2. The molecule has 0 radical (unpaired) electrons. The van der Waals surface area contributed by atoms with E-state index in [4.69, 9.17) is 10.00 Å². The van der Waals surface area contributed by atoms with Gasteiger partial charge in [-0.2, -0.15) is 5.26 Å². The number of pyridine rings is 1.